The van der Waals surface area contributed by atoms with Crippen LogP contribution in [0.5, 0.6) is 0 Å². The maximum Gasteiger partial charge on any atom is 0.158 e. The summed E-state index contributed by atoms with van der Waals surface area (Å²) in [6.45, 7) is 21.6. The number of hydrogen-bond donors (Lipinski definition) is 1. The minimum absolute atomic E-state index is 0.341. The molecule has 2 saturated heterocycles. The lowest BCUT2D eigenvalue weighted by molar-refractivity contribution is -0.0389. The highest BCUT2D eigenvalue weighted by Gasteiger charge is 2.52. The van der Waals surface area contributed by atoms with Crippen LogP contribution in [0.1, 0.15) is 57.2 Å². The third-order valence-corrected chi connectivity index (χ3v) is 7.83. The Labute approximate surface area is 207 Å². The maximum atomic E-state index is 5.22. The van der Waals surface area contributed by atoms with Crippen molar-refractivity contribution in [3.63, 3.8) is 0 Å². The summed E-state index contributed by atoms with van der Waals surface area (Å²) in [5.41, 5.74) is 9.92. The Bertz CT molecular complexity index is 1420. The summed E-state index contributed by atoms with van der Waals surface area (Å²) in [4.78, 5) is 18.4. The topological polar surface area (TPSA) is 65.4 Å². The van der Waals surface area contributed by atoms with Crippen LogP contribution in [-0.4, -0.2) is 62.2 Å². The Kier molecular flexibility index (Phi) is 4.85. The van der Waals surface area contributed by atoms with Crippen molar-refractivity contribution in [2.45, 2.75) is 54.4 Å². The second kappa shape index (κ2) is 7.53. The number of hydrogen-bond acceptors (Lipinski definition) is 5. The summed E-state index contributed by atoms with van der Waals surface area (Å²) in [6.07, 6.45) is 3.72. The number of anilines is 1. The average Bonchev–Trinajstić information content (AvgIpc) is 3.34. The molecule has 0 unspecified atom stereocenters. The van der Waals surface area contributed by atoms with E-state index >= 15 is 0 Å². The summed E-state index contributed by atoms with van der Waals surface area (Å²) in [5.74, 6) is 1.44. The van der Waals surface area contributed by atoms with Gasteiger partial charge in [0.05, 0.1) is 16.7 Å². The van der Waals surface area contributed by atoms with E-state index in [4.69, 9.17) is 4.98 Å². The molecule has 4 aromatic heterocycles. The number of aromatic amines is 1. The number of fused-ring (bicyclic) bond motifs is 2. The summed E-state index contributed by atoms with van der Waals surface area (Å²) < 4.78 is 1.88. The number of pyridine rings is 2. The minimum atomic E-state index is 0.341. The molecule has 0 bridgehead atoms. The molecular formula is C28H37N7. The molecule has 2 aliphatic heterocycles. The highest BCUT2D eigenvalue weighted by molar-refractivity contribution is 5.90. The van der Waals surface area contributed by atoms with E-state index in [1.165, 1.54) is 36.3 Å². The fourth-order valence-electron chi connectivity index (χ4n) is 6.29. The van der Waals surface area contributed by atoms with Gasteiger partial charge in [-0.1, -0.05) is 34.6 Å². The van der Waals surface area contributed by atoms with Crippen molar-refractivity contribution in [1.29, 1.82) is 0 Å². The molecule has 0 radical (unpaired) electrons. The van der Waals surface area contributed by atoms with E-state index in [9.17, 15) is 0 Å². The van der Waals surface area contributed by atoms with E-state index in [1.807, 2.05) is 4.52 Å². The summed E-state index contributed by atoms with van der Waals surface area (Å²) in [5, 5.41) is 4.41. The number of H-pyrrole nitrogens is 1. The van der Waals surface area contributed by atoms with Gasteiger partial charge in [-0.3, -0.25) is 0 Å². The van der Waals surface area contributed by atoms with Crippen molar-refractivity contribution in [1.82, 2.24) is 29.5 Å². The number of nitrogens with zero attached hydrogens (tertiary/aromatic N) is 6. The van der Waals surface area contributed by atoms with Gasteiger partial charge < -0.3 is 14.8 Å². The van der Waals surface area contributed by atoms with Crippen molar-refractivity contribution in [3.8, 4) is 11.3 Å². The highest BCUT2D eigenvalue weighted by atomic mass is 15.3. The first-order valence-electron chi connectivity index (χ1n) is 12.8. The van der Waals surface area contributed by atoms with Crippen molar-refractivity contribution in [3.05, 3.63) is 41.3 Å². The van der Waals surface area contributed by atoms with Crippen LogP contribution in [0.3, 0.4) is 0 Å². The molecule has 0 aromatic carbocycles. The maximum absolute atomic E-state index is 5.22. The van der Waals surface area contributed by atoms with Gasteiger partial charge in [0, 0.05) is 55.5 Å². The third kappa shape index (κ3) is 3.63. The molecule has 2 fully saturated rings. The zero-order valence-corrected chi connectivity index (χ0v) is 22.1. The number of aryl methyl sites for hydroxylation is 1. The van der Waals surface area contributed by atoms with Gasteiger partial charge >= 0.3 is 0 Å². The average molecular weight is 472 g/mol. The van der Waals surface area contributed by atoms with Crippen molar-refractivity contribution in [2.24, 2.45) is 10.8 Å². The molecule has 0 amide bonds. The molecule has 184 valence electrons. The van der Waals surface area contributed by atoms with E-state index in [-0.39, 0.29) is 0 Å². The van der Waals surface area contributed by atoms with Crippen LogP contribution < -0.4 is 4.90 Å². The number of nitrogens with one attached hydrogen (secondary N) is 1. The molecule has 0 atom stereocenters. The number of aromatic nitrogens is 5. The first-order chi connectivity index (χ1) is 16.5. The van der Waals surface area contributed by atoms with Gasteiger partial charge in [0.1, 0.15) is 12.1 Å². The Hall–Kier alpha value is -2.93. The first kappa shape index (κ1) is 22.5. The molecule has 2 aliphatic rings. The Morgan fingerprint density at radius 3 is 2.49 bits per heavy atom. The lowest BCUT2D eigenvalue weighted by Crippen LogP contribution is -2.72. The Balaban J connectivity index is 1.31. The van der Waals surface area contributed by atoms with Gasteiger partial charge in [0.2, 0.25) is 0 Å². The fourth-order valence-corrected chi connectivity index (χ4v) is 6.29. The second-order valence-electron chi connectivity index (χ2n) is 12.5. The van der Waals surface area contributed by atoms with Crippen LogP contribution in [-0.2, 0) is 0 Å². The lowest BCUT2D eigenvalue weighted by atomic mass is 9.72. The van der Waals surface area contributed by atoms with Crippen LogP contribution in [0.4, 0.5) is 5.82 Å². The molecule has 35 heavy (non-hydrogen) atoms. The molecule has 1 N–H and O–H groups in total. The molecule has 0 aliphatic carbocycles. The standard InChI is InChI=1S/C28H37N7/c1-17(2)23-24(20-10-35-26(29-16-30-35)19(4)18(20)3)31-21-8-9-22(32-25(21)23)34-14-28(15-34)12-33(13-28)11-27(5,6)7/h8-10,16-17,31H,11-15H2,1-7H3. The molecule has 0 saturated carbocycles. The molecule has 4 aromatic rings. The highest BCUT2D eigenvalue weighted by Crippen LogP contribution is 2.43. The van der Waals surface area contributed by atoms with Crippen LogP contribution in [0.25, 0.3) is 27.9 Å². The van der Waals surface area contributed by atoms with Gasteiger partial charge in [-0.05, 0) is 48.4 Å². The van der Waals surface area contributed by atoms with Crippen molar-refractivity contribution >= 4 is 22.5 Å². The monoisotopic (exact) mass is 471 g/mol. The van der Waals surface area contributed by atoms with Gasteiger partial charge in [0.15, 0.2) is 5.65 Å². The summed E-state index contributed by atoms with van der Waals surface area (Å²) >= 11 is 0. The quantitative estimate of drug-likeness (QED) is 0.444. The van der Waals surface area contributed by atoms with Crippen LogP contribution in [0.15, 0.2) is 24.7 Å². The predicted octanol–water partition coefficient (Wildman–Crippen LogP) is 5.18. The minimum Gasteiger partial charge on any atom is -0.355 e. The molecule has 6 heterocycles. The molecule has 7 heteroatoms. The van der Waals surface area contributed by atoms with Gasteiger partial charge in [-0.15, -0.1) is 0 Å². The summed E-state index contributed by atoms with van der Waals surface area (Å²) in [6, 6.07) is 4.39. The smallest absolute Gasteiger partial charge is 0.158 e. The van der Waals surface area contributed by atoms with Crippen LogP contribution >= 0.6 is 0 Å². The van der Waals surface area contributed by atoms with E-state index in [2.05, 4.69) is 91.7 Å². The Morgan fingerprint density at radius 1 is 1.06 bits per heavy atom. The molecule has 1 spiro atoms. The first-order valence-corrected chi connectivity index (χ1v) is 12.8. The van der Waals surface area contributed by atoms with E-state index in [1.54, 1.807) is 6.33 Å². The van der Waals surface area contributed by atoms with Gasteiger partial charge in [0.25, 0.3) is 0 Å². The largest absolute Gasteiger partial charge is 0.355 e. The normalized spacial score (nSPS) is 18.1. The predicted molar refractivity (Wildman–Crippen MR) is 142 cm³/mol. The third-order valence-electron chi connectivity index (χ3n) is 7.83. The Morgan fingerprint density at radius 2 is 1.80 bits per heavy atom. The number of likely N-dealkylation sites (tertiary alicyclic amines) is 1. The van der Waals surface area contributed by atoms with E-state index in [0.29, 0.717) is 16.7 Å². The fraction of sp³-hybridized carbons (Fsp3) is 0.536. The van der Waals surface area contributed by atoms with Crippen LogP contribution in [0.2, 0.25) is 0 Å². The molecule has 7 nitrogen and oxygen atoms in total. The zero-order chi connectivity index (χ0) is 24.7. The van der Waals surface area contributed by atoms with Crippen molar-refractivity contribution < 1.29 is 0 Å². The van der Waals surface area contributed by atoms with Crippen molar-refractivity contribution in [2.75, 3.05) is 37.6 Å². The lowest BCUT2D eigenvalue weighted by Gasteiger charge is -2.61. The van der Waals surface area contributed by atoms with E-state index in [0.717, 1.165) is 46.8 Å². The molecular weight excluding hydrogens is 434 g/mol. The SMILES string of the molecule is Cc1c(-c2[nH]c3ccc(N4CC5(CN(CC(C)(C)C)C5)C4)nc3c2C(C)C)cn2ncnc2c1C. The second-order valence-corrected chi connectivity index (χ2v) is 12.5. The van der Waals surface area contributed by atoms with E-state index < -0.39 is 0 Å². The molecule has 6 rings (SSSR count). The number of rotatable bonds is 4. The summed E-state index contributed by atoms with van der Waals surface area (Å²) in [7, 11) is 0. The van der Waals surface area contributed by atoms with Gasteiger partial charge in [-0.2, -0.15) is 5.10 Å². The van der Waals surface area contributed by atoms with Gasteiger partial charge in [-0.25, -0.2) is 14.5 Å². The zero-order valence-electron chi connectivity index (χ0n) is 22.1. The van der Waals surface area contributed by atoms with Crippen LogP contribution in [0, 0.1) is 24.7 Å².